The van der Waals surface area contributed by atoms with E-state index in [4.69, 9.17) is 14.6 Å². The van der Waals surface area contributed by atoms with Crippen molar-refractivity contribution in [2.24, 2.45) is 5.92 Å². The summed E-state index contributed by atoms with van der Waals surface area (Å²) in [5, 5.41) is 21.4. The fraction of sp³-hybridized carbons (Fsp3) is 0.375. The normalized spacial score (nSPS) is 12.5. The molecule has 0 radical (unpaired) electrons. The van der Waals surface area contributed by atoms with Crippen LogP contribution in [0.1, 0.15) is 19.4 Å². The Morgan fingerprint density at radius 3 is 2.15 bits per heavy atom. The number of urea groups is 1. The molecule has 0 fully saturated rings. The Hall–Kier alpha value is -3.59. The Balaban J connectivity index is 2.25. The number of nitrogens with one attached hydrogen (secondary N) is 1. The fourth-order valence-corrected chi connectivity index (χ4v) is 3.13. The molecule has 0 saturated heterocycles. The maximum Gasteiger partial charge on any atom is 0.334 e. The average molecular weight is 459 g/mol. The molecular weight excluding hydrogens is 428 g/mol. The fourth-order valence-electron chi connectivity index (χ4n) is 3.13. The van der Waals surface area contributed by atoms with Crippen molar-refractivity contribution in [3.63, 3.8) is 0 Å². The highest BCUT2D eigenvalue weighted by Crippen LogP contribution is 2.26. The lowest BCUT2D eigenvalue weighted by Gasteiger charge is -2.28. The summed E-state index contributed by atoms with van der Waals surface area (Å²) < 4.78 is 10.7. The molecule has 2 aromatic rings. The third kappa shape index (κ3) is 8.12. The van der Waals surface area contributed by atoms with Crippen LogP contribution in [0.4, 0.5) is 4.79 Å². The quantitative estimate of drug-likeness (QED) is 0.349. The maximum absolute atomic E-state index is 13.0. The number of aliphatic carboxylic acids is 1. The minimum Gasteiger partial charge on any atom is -0.493 e. The van der Waals surface area contributed by atoms with Crippen molar-refractivity contribution >= 4 is 18.0 Å². The van der Waals surface area contributed by atoms with Crippen LogP contribution in [0.3, 0.4) is 0 Å². The first-order chi connectivity index (χ1) is 15.7. The summed E-state index contributed by atoms with van der Waals surface area (Å²) in [6.45, 7) is 3.48. The molecule has 0 bridgehead atoms. The molecular formula is C24H30N2O7. The molecule has 0 spiro atoms. The van der Waals surface area contributed by atoms with Crippen LogP contribution in [-0.2, 0) is 16.0 Å². The molecule has 3 N–H and O–H groups in total. The maximum atomic E-state index is 13.0. The zero-order valence-electron chi connectivity index (χ0n) is 18.9. The summed E-state index contributed by atoms with van der Waals surface area (Å²) in [5.74, 6) is -1.57. The molecule has 2 atom stereocenters. The van der Waals surface area contributed by atoms with Crippen LogP contribution >= 0.6 is 0 Å². The van der Waals surface area contributed by atoms with Crippen molar-refractivity contribution in [1.82, 2.24) is 10.2 Å². The van der Waals surface area contributed by atoms with Gasteiger partial charge in [-0.25, -0.2) is 14.4 Å². The molecule has 178 valence electrons. The summed E-state index contributed by atoms with van der Waals surface area (Å²) in [4.78, 5) is 38.3. The molecule has 9 nitrogen and oxygen atoms in total. The van der Waals surface area contributed by atoms with Crippen molar-refractivity contribution in [1.29, 1.82) is 0 Å². The summed E-state index contributed by atoms with van der Waals surface area (Å²) >= 11 is 0. The van der Waals surface area contributed by atoms with E-state index < -0.39 is 36.7 Å². The average Bonchev–Trinajstić information content (AvgIpc) is 2.78. The number of esters is 1. The van der Waals surface area contributed by atoms with Crippen LogP contribution in [0, 0.1) is 5.92 Å². The largest absolute Gasteiger partial charge is 0.493 e. The van der Waals surface area contributed by atoms with Gasteiger partial charge >= 0.3 is 18.0 Å². The Morgan fingerprint density at radius 1 is 0.970 bits per heavy atom. The number of amides is 2. The molecule has 9 heteroatoms. The van der Waals surface area contributed by atoms with Crippen LogP contribution in [0.15, 0.2) is 54.6 Å². The van der Waals surface area contributed by atoms with Gasteiger partial charge in [0.25, 0.3) is 0 Å². The number of hydrogen-bond donors (Lipinski definition) is 3. The van der Waals surface area contributed by atoms with Crippen LogP contribution in [0.25, 0.3) is 0 Å². The highest BCUT2D eigenvalue weighted by atomic mass is 16.6. The Kier molecular flexibility index (Phi) is 9.68. The summed E-state index contributed by atoms with van der Waals surface area (Å²) in [6, 6.07) is 14.0. The smallest absolute Gasteiger partial charge is 0.334 e. The molecule has 2 aromatic carbocycles. The molecule has 0 aromatic heterocycles. The lowest BCUT2D eigenvalue weighted by atomic mass is 10.1. The lowest BCUT2D eigenvalue weighted by Crippen LogP contribution is -2.53. The number of hydrogen-bond acceptors (Lipinski definition) is 6. The number of benzene rings is 2. The molecule has 2 amide bonds. The van der Waals surface area contributed by atoms with E-state index in [0.717, 1.165) is 5.56 Å². The van der Waals surface area contributed by atoms with Gasteiger partial charge in [0, 0.05) is 13.0 Å². The van der Waals surface area contributed by atoms with Gasteiger partial charge in [0.2, 0.25) is 0 Å². The third-order valence-corrected chi connectivity index (χ3v) is 4.70. The summed E-state index contributed by atoms with van der Waals surface area (Å²) in [6.07, 6.45) is -1.60. The Bertz CT molecular complexity index is 933. The summed E-state index contributed by atoms with van der Waals surface area (Å²) in [7, 11) is 1.45. The first-order valence-corrected chi connectivity index (χ1v) is 10.6. The van der Waals surface area contributed by atoms with Gasteiger partial charge in [0.1, 0.15) is 6.04 Å². The number of methoxy groups -OCH3 is 1. The molecule has 33 heavy (non-hydrogen) atoms. The van der Waals surface area contributed by atoms with Crippen molar-refractivity contribution in [3.8, 4) is 11.5 Å². The topological polar surface area (TPSA) is 125 Å². The van der Waals surface area contributed by atoms with E-state index in [1.165, 1.54) is 12.0 Å². The number of carboxylic acid groups (broad SMARTS) is 1. The van der Waals surface area contributed by atoms with E-state index in [9.17, 15) is 19.5 Å². The first kappa shape index (κ1) is 25.7. The molecule has 0 heterocycles. The Labute approximate surface area is 192 Å². The monoisotopic (exact) mass is 458 g/mol. The van der Waals surface area contributed by atoms with Crippen LogP contribution < -0.4 is 14.8 Å². The molecule has 0 aliphatic rings. The SMILES string of the molecule is COc1ccccc1OC(=O)C(Cc1ccccc1)NC(=O)N(CC(C)C)CC(O)C(=O)O. The first-order valence-electron chi connectivity index (χ1n) is 10.6. The van der Waals surface area contributed by atoms with Gasteiger partial charge in [-0.1, -0.05) is 56.3 Å². The third-order valence-electron chi connectivity index (χ3n) is 4.70. The second-order valence-corrected chi connectivity index (χ2v) is 7.92. The standard InChI is InChI=1S/C24H30N2O7/c1-16(2)14-26(15-19(27)22(28)29)24(31)25-18(13-17-9-5-4-6-10-17)23(30)33-21-12-8-7-11-20(21)32-3/h4-12,16,18-19,27H,13-15H2,1-3H3,(H,25,31)(H,28,29). The number of nitrogens with zero attached hydrogens (tertiary/aromatic N) is 1. The number of para-hydroxylation sites is 2. The van der Waals surface area contributed by atoms with Gasteiger partial charge in [-0.3, -0.25) is 0 Å². The second kappa shape index (κ2) is 12.4. The minimum atomic E-state index is -1.75. The molecule has 2 unspecified atom stereocenters. The predicted octanol–water partition coefficient (Wildman–Crippen LogP) is 2.33. The van der Waals surface area contributed by atoms with Gasteiger partial charge in [0.15, 0.2) is 17.6 Å². The second-order valence-electron chi connectivity index (χ2n) is 7.92. The van der Waals surface area contributed by atoms with Gasteiger partial charge in [0.05, 0.1) is 13.7 Å². The van der Waals surface area contributed by atoms with Crippen molar-refractivity contribution in [2.75, 3.05) is 20.2 Å². The van der Waals surface area contributed by atoms with E-state index in [-0.39, 0.29) is 24.6 Å². The number of aliphatic hydroxyl groups is 1. The van der Waals surface area contributed by atoms with E-state index in [1.54, 1.807) is 24.3 Å². The number of carboxylic acids is 1. The number of carbonyl (C=O) groups excluding carboxylic acids is 2. The lowest BCUT2D eigenvalue weighted by molar-refractivity contribution is -0.147. The zero-order chi connectivity index (χ0) is 24.4. The minimum absolute atomic E-state index is 0.00449. The van der Waals surface area contributed by atoms with E-state index in [1.807, 2.05) is 44.2 Å². The van der Waals surface area contributed by atoms with Gasteiger partial charge in [-0.15, -0.1) is 0 Å². The zero-order valence-corrected chi connectivity index (χ0v) is 18.9. The van der Waals surface area contributed by atoms with Crippen molar-refractivity contribution in [2.45, 2.75) is 32.4 Å². The molecule has 0 aliphatic heterocycles. The van der Waals surface area contributed by atoms with E-state index in [2.05, 4.69) is 5.32 Å². The highest BCUT2D eigenvalue weighted by Gasteiger charge is 2.29. The van der Waals surface area contributed by atoms with Crippen molar-refractivity contribution in [3.05, 3.63) is 60.2 Å². The number of carbonyl (C=O) groups is 3. The molecule has 0 aliphatic carbocycles. The van der Waals surface area contributed by atoms with Crippen LogP contribution in [-0.4, -0.2) is 65.4 Å². The van der Waals surface area contributed by atoms with Gasteiger partial charge in [-0.2, -0.15) is 0 Å². The van der Waals surface area contributed by atoms with Crippen LogP contribution in [0.5, 0.6) is 11.5 Å². The number of aliphatic hydroxyl groups excluding tert-OH is 1. The summed E-state index contributed by atoms with van der Waals surface area (Å²) in [5.41, 5.74) is 0.792. The van der Waals surface area contributed by atoms with E-state index in [0.29, 0.717) is 5.75 Å². The number of ether oxygens (including phenoxy) is 2. The van der Waals surface area contributed by atoms with Crippen LogP contribution in [0.2, 0.25) is 0 Å². The highest BCUT2D eigenvalue weighted by molar-refractivity contribution is 5.85. The predicted molar refractivity (Wildman–Crippen MR) is 121 cm³/mol. The Morgan fingerprint density at radius 2 is 1.58 bits per heavy atom. The van der Waals surface area contributed by atoms with Gasteiger partial charge in [-0.05, 0) is 23.6 Å². The molecule has 0 saturated carbocycles. The van der Waals surface area contributed by atoms with Crippen molar-refractivity contribution < 1.29 is 34.1 Å². The number of rotatable bonds is 11. The van der Waals surface area contributed by atoms with E-state index >= 15 is 0 Å². The molecule has 2 rings (SSSR count). The van der Waals surface area contributed by atoms with Gasteiger partial charge < -0.3 is 29.9 Å².